The zero-order valence-corrected chi connectivity index (χ0v) is 17.6. The molecular weight excluding hydrogens is 409 g/mol. The maximum absolute atomic E-state index is 14.0. The van der Waals surface area contributed by atoms with Crippen LogP contribution in [-0.2, 0) is 11.2 Å². The maximum Gasteiger partial charge on any atom is 0.237 e. The first-order valence-electron chi connectivity index (χ1n) is 10.2. The molecule has 0 spiro atoms. The Balaban J connectivity index is 1.46. The van der Waals surface area contributed by atoms with Crippen LogP contribution in [0, 0.1) is 5.82 Å². The van der Waals surface area contributed by atoms with Gasteiger partial charge in [-0.2, -0.15) is 0 Å². The Bertz CT molecular complexity index is 1260. The van der Waals surface area contributed by atoms with Crippen molar-refractivity contribution in [1.82, 2.24) is 9.97 Å². The third kappa shape index (κ3) is 4.03. The number of nitrogens with zero attached hydrogens (tertiary/aromatic N) is 3. The Hall–Kier alpha value is -3.25. The van der Waals surface area contributed by atoms with Crippen LogP contribution in [-0.4, -0.2) is 28.2 Å². The van der Waals surface area contributed by atoms with Crippen molar-refractivity contribution in [3.8, 4) is 11.4 Å². The molecule has 4 aromatic rings. The van der Waals surface area contributed by atoms with Gasteiger partial charge in [-0.1, -0.05) is 60.3 Å². The lowest BCUT2D eigenvalue weighted by Gasteiger charge is -2.29. The second kappa shape index (κ2) is 8.47. The van der Waals surface area contributed by atoms with E-state index in [0.29, 0.717) is 28.3 Å². The summed E-state index contributed by atoms with van der Waals surface area (Å²) in [4.78, 5) is 24.2. The van der Waals surface area contributed by atoms with Crippen molar-refractivity contribution in [1.29, 1.82) is 0 Å². The van der Waals surface area contributed by atoms with Gasteiger partial charge in [0.2, 0.25) is 5.91 Å². The summed E-state index contributed by atoms with van der Waals surface area (Å²) in [5.74, 6) is 0.479. The molecular formula is C25H20FN3OS. The lowest BCUT2D eigenvalue weighted by atomic mass is 10.0. The number of fused-ring (bicyclic) bond motifs is 2. The zero-order valence-electron chi connectivity index (χ0n) is 16.8. The first-order chi connectivity index (χ1) is 15.2. The number of anilines is 1. The number of aryl methyl sites for hydroxylation is 1. The molecule has 3 aromatic carbocycles. The van der Waals surface area contributed by atoms with Crippen LogP contribution in [0.1, 0.15) is 12.0 Å². The van der Waals surface area contributed by atoms with E-state index >= 15 is 0 Å². The highest BCUT2D eigenvalue weighted by Gasteiger charge is 2.22. The first kappa shape index (κ1) is 19.7. The van der Waals surface area contributed by atoms with Gasteiger partial charge >= 0.3 is 0 Å². The van der Waals surface area contributed by atoms with Gasteiger partial charge < -0.3 is 4.90 Å². The van der Waals surface area contributed by atoms with E-state index in [4.69, 9.17) is 0 Å². The van der Waals surface area contributed by atoms with E-state index in [2.05, 4.69) is 16.0 Å². The van der Waals surface area contributed by atoms with Crippen LogP contribution < -0.4 is 4.90 Å². The molecule has 0 unspecified atom stereocenters. The number of para-hydroxylation sites is 1. The third-order valence-electron chi connectivity index (χ3n) is 5.40. The van der Waals surface area contributed by atoms with E-state index in [1.54, 1.807) is 6.07 Å². The molecule has 154 valence electrons. The van der Waals surface area contributed by atoms with Crippen LogP contribution >= 0.6 is 11.8 Å². The summed E-state index contributed by atoms with van der Waals surface area (Å²) in [7, 11) is 0. The Labute approximate surface area is 184 Å². The molecule has 0 atom stereocenters. The van der Waals surface area contributed by atoms with Crippen molar-refractivity contribution in [3.05, 3.63) is 84.2 Å². The average molecular weight is 430 g/mol. The molecule has 31 heavy (non-hydrogen) atoms. The third-order valence-corrected chi connectivity index (χ3v) is 6.37. The van der Waals surface area contributed by atoms with Gasteiger partial charge in [0.1, 0.15) is 10.8 Å². The van der Waals surface area contributed by atoms with Gasteiger partial charge in [0, 0.05) is 23.2 Å². The molecule has 0 saturated heterocycles. The number of aromatic nitrogens is 2. The molecule has 2 heterocycles. The normalized spacial score (nSPS) is 13.3. The summed E-state index contributed by atoms with van der Waals surface area (Å²) in [5, 5.41) is 1.23. The van der Waals surface area contributed by atoms with Crippen LogP contribution in [0.3, 0.4) is 0 Å². The monoisotopic (exact) mass is 429 g/mol. The molecule has 0 fully saturated rings. The molecule has 0 radical (unpaired) electrons. The van der Waals surface area contributed by atoms with Crippen molar-refractivity contribution in [2.75, 3.05) is 17.2 Å². The summed E-state index contributed by atoms with van der Waals surface area (Å²) in [5.41, 5.74) is 3.73. The Morgan fingerprint density at radius 2 is 1.81 bits per heavy atom. The van der Waals surface area contributed by atoms with Gasteiger partial charge in [-0.05, 0) is 42.7 Å². The maximum atomic E-state index is 14.0. The van der Waals surface area contributed by atoms with E-state index in [-0.39, 0.29) is 17.5 Å². The largest absolute Gasteiger partial charge is 0.311 e. The molecule has 0 saturated carbocycles. The van der Waals surface area contributed by atoms with Crippen LogP contribution in [0.4, 0.5) is 10.1 Å². The minimum atomic E-state index is -0.346. The van der Waals surface area contributed by atoms with E-state index < -0.39 is 0 Å². The van der Waals surface area contributed by atoms with Crippen molar-refractivity contribution in [2.45, 2.75) is 17.9 Å². The zero-order chi connectivity index (χ0) is 21.2. The SMILES string of the molecule is O=C(CSc1nc(-c2ccccc2)nc2ccc(F)cc12)N1CCCc2ccccc21. The van der Waals surface area contributed by atoms with Gasteiger partial charge in [-0.15, -0.1) is 0 Å². The van der Waals surface area contributed by atoms with E-state index in [0.717, 1.165) is 24.1 Å². The van der Waals surface area contributed by atoms with Gasteiger partial charge in [-0.3, -0.25) is 4.79 Å². The number of hydrogen-bond acceptors (Lipinski definition) is 4. The van der Waals surface area contributed by atoms with E-state index in [1.165, 1.54) is 29.5 Å². The molecule has 1 aliphatic rings. The lowest BCUT2D eigenvalue weighted by Crippen LogP contribution is -2.36. The number of thioether (sulfide) groups is 1. The molecule has 1 aliphatic heterocycles. The highest BCUT2D eigenvalue weighted by atomic mass is 32.2. The van der Waals surface area contributed by atoms with Gasteiger partial charge in [0.15, 0.2) is 5.82 Å². The van der Waals surface area contributed by atoms with Gasteiger partial charge in [-0.25, -0.2) is 14.4 Å². The molecule has 4 nitrogen and oxygen atoms in total. The minimum absolute atomic E-state index is 0.0292. The second-order valence-corrected chi connectivity index (χ2v) is 8.41. The van der Waals surface area contributed by atoms with Gasteiger partial charge in [0.25, 0.3) is 0 Å². The highest BCUT2D eigenvalue weighted by Crippen LogP contribution is 2.31. The van der Waals surface area contributed by atoms with Crippen molar-refractivity contribution < 1.29 is 9.18 Å². The van der Waals surface area contributed by atoms with Crippen LogP contribution in [0.15, 0.2) is 77.8 Å². The highest BCUT2D eigenvalue weighted by molar-refractivity contribution is 8.00. The molecule has 0 bridgehead atoms. The fourth-order valence-corrected chi connectivity index (χ4v) is 4.79. The summed E-state index contributed by atoms with van der Waals surface area (Å²) in [6, 6.07) is 22.2. The Kier molecular flexibility index (Phi) is 5.38. The summed E-state index contributed by atoms with van der Waals surface area (Å²) in [6.07, 6.45) is 1.94. The topological polar surface area (TPSA) is 46.1 Å². The quantitative estimate of drug-likeness (QED) is 0.317. The number of benzene rings is 3. The van der Waals surface area contributed by atoms with Crippen molar-refractivity contribution in [3.63, 3.8) is 0 Å². The lowest BCUT2D eigenvalue weighted by molar-refractivity contribution is -0.116. The fourth-order valence-electron chi connectivity index (χ4n) is 3.90. The molecule has 1 aromatic heterocycles. The number of carbonyl (C=O) groups excluding carboxylic acids is 1. The van der Waals surface area contributed by atoms with Crippen molar-refractivity contribution in [2.24, 2.45) is 0 Å². The fraction of sp³-hybridized carbons (Fsp3) is 0.160. The van der Waals surface area contributed by atoms with E-state index in [1.807, 2.05) is 53.4 Å². The number of carbonyl (C=O) groups is 1. The second-order valence-electron chi connectivity index (χ2n) is 7.45. The predicted molar refractivity (Wildman–Crippen MR) is 123 cm³/mol. The van der Waals surface area contributed by atoms with Crippen LogP contribution in [0.5, 0.6) is 0 Å². The first-order valence-corrected chi connectivity index (χ1v) is 11.2. The standard InChI is InChI=1S/C25H20FN3OS/c26-19-12-13-21-20(15-19)25(28-24(27-21)18-8-2-1-3-9-18)31-16-23(30)29-14-6-10-17-7-4-5-11-22(17)29/h1-5,7-9,11-13,15H,6,10,14,16H2. The van der Waals surface area contributed by atoms with Crippen LogP contribution in [0.25, 0.3) is 22.3 Å². The smallest absolute Gasteiger partial charge is 0.237 e. The number of rotatable bonds is 4. The summed E-state index contributed by atoms with van der Waals surface area (Å²) >= 11 is 1.33. The summed E-state index contributed by atoms with van der Waals surface area (Å²) < 4.78 is 14.0. The number of hydrogen-bond donors (Lipinski definition) is 0. The van der Waals surface area contributed by atoms with Gasteiger partial charge in [0.05, 0.1) is 11.3 Å². The van der Waals surface area contributed by atoms with Crippen molar-refractivity contribution >= 4 is 34.3 Å². The molecule has 1 amide bonds. The minimum Gasteiger partial charge on any atom is -0.311 e. The van der Waals surface area contributed by atoms with E-state index in [9.17, 15) is 9.18 Å². The number of amides is 1. The number of halogens is 1. The Morgan fingerprint density at radius 1 is 1.00 bits per heavy atom. The average Bonchev–Trinajstić information content (AvgIpc) is 2.82. The van der Waals surface area contributed by atoms with Crippen LogP contribution in [0.2, 0.25) is 0 Å². The molecule has 6 heteroatoms. The Morgan fingerprint density at radius 3 is 2.68 bits per heavy atom. The summed E-state index contributed by atoms with van der Waals surface area (Å²) in [6.45, 7) is 0.713. The molecule has 0 aliphatic carbocycles. The predicted octanol–water partition coefficient (Wildman–Crippen LogP) is 5.51. The molecule has 0 N–H and O–H groups in total. The molecule has 5 rings (SSSR count).